The first kappa shape index (κ1) is 15.6. The number of hydrogen-bond donors (Lipinski definition) is 2. The number of nitrogens with two attached hydrogens (primary N) is 1. The molecule has 2 rings (SSSR count). The zero-order valence-electron chi connectivity index (χ0n) is 12.6. The molecule has 116 valence electrons. The quantitative estimate of drug-likeness (QED) is 0.821. The van der Waals surface area contributed by atoms with Crippen molar-refractivity contribution in [2.24, 2.45) is 5.73 Å². The van der Waals surface area contributed by atoms with Crippen LogP contribution < -0.4 is 20.5 Å². The molecule has 0 aliphatic carbocycles. The summed E-state index contributed by atoms with van der Waals surface area (Å²) in [5, 5.41) is 3.20. The Morgan fingerprint density at radius 1 is 1.32 bits per heavy atom. The predicted molar refractivity (Wildman–Crippen MR) is 84.8 cm³/mol. The maximum absolute atomic E-state index is 11.3. The second kappa shape index (κ2) is 7.31. The van der Waals surface area contributed by atoms with Gasteiger partial charge in [-0.15, -0.1) is 0 Å². The lowest BCUT2D eigenvalue weighted by atomic mass is 10.1. The number of methoxy groups -OCH3 is 1. The average Bonchev–Trinajstić information content (AvgIpc) is 2.54. The molecule has 0 spiro atoms. The zero-order chi connectivity index (χ0) is 15.9. The highest BCUT2D eigenvalue weighted by molar-refractivity contribution is 5.94. The van der Waals surface area contributed by atoms with E-state index in [-0.39, 0.29) is 0 Å². The van der Waals surface area contributed by atoms with Crippen molar-refractivity contribution in [2.45, 2.75) is 13.3 Å². The number of nitrogens with one attached hydrogen (secondary N) is 1. The number of carbonyl (C=O) groups is 1. The smallest absolute Gasteiger partial charge is 0.248 e. The number of nitrogens with zero attached hydrogens (tertiary/aromatic N) is 1. The molecule has 1 heterocycles. The van der Waals surface area contributed by atoms with Gasteiger partial charge in [-0.3, -0.25) is 4.79 Å². The lowest BCUT2D eigenvalue weighted by Crippen LogP contribution is -2.11. The van der Waals surface area contributed by atoms with Crippen molar-refractivity contribution in [3.63, 3.8) is 0 Å². The summed E-state index contributed by atoms with van der Waals surface area (Å²) >= 11 is 0. The van der Waals surface area contributed by atoms with Gasteiger partial charge in [-0.25, -0.2) is 4.98 Å². The minimum absolute atomic E-state index is 0.407. The molecule has 0 saturated heterocycles. The fourth-order valence-electron chi connectivity index (χ4n) is 1.84. The third kappa shape index (κ3) is 3.88. The Labute approximate surface area is 129 Å². The molecular formula is C16H19N3O3. The van der Waals surface area contributed by atoms with Crippen molar-refractivity contribution < 1.29 is 14.3 Å². The van der Waals surface area contributed by atoms with Crippen molar-refractivity contribution in [3.05, 3.63) is 42.1 Å². The standard InChI is InChI=1S/C16H19N3O3/c1-3-8-22-14-9-11(16(17)20)4-6-13(14)19-12-5-7-15(21-2)18-10-12/h4-7,9-10,19H,3,8H2,1-2H3,(H2,17,20). The molecule has 0 bridgehead atoms. The maximum Gasteiger partial charge on any atom is 0.248 e. The fourth-order valence-corrected chi connectivity index (χ4v) is 1.84. The van der Waals surface area contributed by atoms with Crippen molar-refractivity contribution in [1.82, 2.24) is 4.98 Å². The van der Waals surface area contributed by atoms with Crippen molar-refractivity contribution in [1.29, 1.82) is 0 Å². The Morgan fingerprint density at radius 3 is 2.73 bits per heavy atom. The van der Waals surface area contributed by atoms with Crippen LogP contribution in [0.3, 0.4) is 0 Å². The number of rotatable bonds is 7. The van der Waals surface area contributed by atoms with Crippen molar-refractivity contribution >= 4 is 17.3 Å². The van der Waals surface area contributed by atoms with Crippen LogP contribution in [0.1, 0.15) is 23.7 Å². The molecule has 6 nitrogen and oxygen atoms in total. The van der Waals surface area contributed by atoms with E-state index in [0.717, 1.165) is 17.8 Å². The molecular weight excluding hydrogens is 282 g/mol. The van der Waals surface area contributed by atoms with E-state index in [9.17, 15) is 4.79 Å². The second-order valence-corrected chi connectivity index (χ2v) is 4.64. The Morgan fingerprint density at radius 2 is 2.14 bits per heavy atom. The van der Waals surface area contributed by atoms with E-state index in [4.69, 9.17) is 15.2 Å². The van der Waals surface area contributed by atoms with E-state index in [1.54, 1.807) is 37.6 Å². The molecule has 0 fully saturated rings. The first-order valence-electron chi connectivity index (χ1n) is 6.97. The number of hydrogen-bond acceptors (Lipinski definition) is 5. The lowest BCUT2D eigenvalue weighted by molar-refractivity contribution is 0.1000. The van der Waals surface area contributed by atoms with Gasteiger partial charge < -0.3 is 20.5 Å². The number of amides is 1. The van der Waals surface area contributed by atoms with Crippen LogP contribution in [0.5, 0.6) is 11.6 Å². The van der Waals surface area contributed by atoms with Crippen molar-refractivity contribution in [3.8, 4) is 11.6 Å². The molecule has 0 atom stereocenters. The molecule has 1 amide bonds. The van der Waals surface area contributed by atoms with Gasteiger partial charge in [0.15, 0.2) is 0 Å². The number of ether oxygens (including phenoxy) is 2. The van der Waals surface area contributed by atoms with Crippen LogP contribution in [0.15, 0.2) is 36.5 Å². The molecule has 0 aliphatic heterocycles. The molecule has 3 N–H and O–H groups in total. The van der Waals surface area contributed by atoms with Crippen LogP contribution in [0.25, 0.3) is 0 Å². The van der Waals surface area contributed by atoms with Gasteiger partial charge in [0.25, 0.3) is 0 Å². The van der Waals surface area contributed by atoms with Gasteiger partial charge in [0, 0.05) is 11.6 Å². The van der Waals surface area contributed by atoms with Gasteiger partial charge in [-0.05, 0) is 30.7 Å². The largest absolute Gasteiger partial charge is 0.491 e. The van der Waals surface area contributed by atoms with Gasteiger partial charge in [-0.2, -0.15) is 0 Å². The van der Waals surface area contributed by atoms with E-state index in [2.05, 4.69) is 10.3 Å². The highest BCUT2D eigenvalue weighted by Gasteiger charge is 2.09. The monoisotopic (exact) mass is 301 g/mol. The maximum atomic E-state index is 11.3. The van der Waals surface area contributed by atoms with Gasteiger partial charge in [0.1, 0.15) is 5.75 Å². The summed E-state index contributed by atoms with van der Waals surface area (Å²) in [7, 11) is 1.56. The number of carbonyl (C=O) groups excluding carboxylic acids is 1. The van der Waals surface area contributed by atoms with E-state index in [1.807, 2.05) is 13.0 Å². The van der Waals surface area contributed by atoms with Gasteiger partial charge in [0.2, 0.25) is 11.8 Å². The third-order valence-corrected chi connectivity index (χ3v) is 2.95. The zero-order valence-corrected chi connectivity index (χ0v) is 12.6. The number of pyridine rings is 1. The number of aromatic nitrogens is 1. The highest BCUT2D eigenvalue weighted by Crippen LogP contribution is 2.29. The summed E-state index contributed by atoms with van der Waals surface area (Å²) in [6, 6.07) is 8.65. The molecule has 0 aliphatic rings. The summed E-state index contributed by atoms with van der Waals surface area (Å²) in [4.78, 5) is 15.4. The summed E-state index contributed by atoms with van der Waals surface area (Å²) in [6.07, 6.45) is 2.52. The minimum Gasteiger partial charge on any atom is -0.491 e. The fraction of sp³-hybridized carbons (Fsp3) is 0.250. The first-order valence-corrected chi connectivity index (χ1v) is 6.97. The molecule has 1 aromatic heterocycles. The number of primary amides is 1. The molecule has 22 heavy (non-hydrogen) atoms. The van der Waals surface area contributed by atoms with Crippen LogP contribution in [0, 0.1) is 0 Å². The minimum atomic E-state index is -0.487. The third-order valence-electron chi connectivity index (χ3n) is 2.95. The Balaban J connectivity index is 2.25. The summed E-state index contributed by atoms with van der Waals surface area (Å²) in [5.74, 6) is 0.630. The average molecular weight is 301 g/mol. The van der Waals surface area contributed by atoms with Gasteiger partial charge in [-0.1, -0.05) is 6.92 Å². The molecule has 0 radical (unpaired) electrons. The van der Waals surface area contributed by atoms with Crippen LogP contribution >= 0.6 is 0 Å². The summed E-state index contributed by atoms with van der Waals surface area (Å²) < 4.78 is 10.7. The summed E-state index contributed by atoms with van der Waals surface area (Å²) in [5.41, 5.74) is 7.24. The summed E-state index contributed by atoms with van der Waals surface area (Å²) in [6.45, 7) is 2.57. The molecule has 0 saturated carbocycles. The SMILES string of the molecule is CCCOc1cc(C(N)=O)ccc1Nc1ccc(OC)nc1. The normalized spacial score (nSPS) is 10.1. The van der Waals surface area contributed by atoms with Gasteiger partial charge >= 0.3 is 0 Å². The highest BCUT2D eigenvalue weighted by atomic mass is 16.5. The molecule has 0 unspecified atom stereocenters. The lowest BCUT2D eigenvalue weighted by Gasteiger charge is -2.14. The van der Waals surface area contributed by atoms with Crippen LogP contribution in [0.2, 0.25) is 0 Å². The van der Waals surface area contributed by atoms with Crippen LogP contribution in [0.4, 0.5) is 11.4 Å². The Kier molecular flexibility index (Phi) is 5.19. The van der Waals surface area contributed by atoms with Crippen molar-refractivity contribution in [2.75, 3.05) is 19.0 Å². The van der Waals surface area contributed by atoms with Gasteiger partial charge in [0.05, 0.1) is 31.3 Å². The predicted octanol–water partition coefficient (Wildman–Crippen LogP) is 2.72. The molecule has 1 aromatic carbocycles. The molecule has 2 aromatic rings. The molecule has 6 heteroatoms. The van der Waals surface area contributed by atoms with E-state index in [0.29, 0.717) is 23.8 Å². The topological polar surface area (TPSA) is 86.5 Å². The van der Waals surface area contributed by atoms with Crippen LogP contribution in [-0.2, 0) is 0 Å². The first-order chi connectivity index (χ1) is 10.6. The Hall–Kier alpha value is -2.76. The van der Waals surface area contributed by atoms with Crippen LogP contribution in [-0.4, -0.2) is 24.6 Å². The van der Waals surface area contributed by atoms with E-state index >= 15 is 0 Å². The van der Waals surface area contributed by atoms with E-state index < -0.39 is 5.91 Å². The Bertz CT molecular complexity index is 642. The second-order valence-electron chi connectivity index (χ2n) is 4.64. The van der Waals surface area contributed by atoms with E-state index in [1.165, 1.54) is 0 Å². The number of anilines is 2. The number of benzene rings is 1.